The highest BCUT2D eigenvalue weighted by molar-refractivity contribution is 7.10. The van der Waals surface area contributed by atoms with E-state index in [0.717, 1.165) is 6.04 Å². The van der Waals surface area contributed by atoms with E-state index in [0.29, 0.717) is 5.92 Å². The molecule has 0 N–H and O–H groups in total. The fraction of sp³-hybridized carbons (Fsp3) is 0.474. The van der Waals surface area contributed by atoms with Gasteiger partial charge in [-0.05, 0) is 59.9 Å². The van der Waals surface area contributed by atoms with Gasteiger partial charge in [-0.25, -0.2) is 0 Å². The summed E-state index contributed by atoms with van der Waals surface area (Å²) in [6, 6.07) is 9.92. The summed E-state index contributed by atoms with van der Waals surface area (Å²) in [5, 5.41) is 2.49. The molecule has 1 nitrogen and oxygen atoms in total. The van der Waals surface area contributed by atoms with Crippen LogP contribution in [0.5, 0.6) is 0 Å². The van der Waals surface area contributed by atoms with Crippen LogP contribution in [0, 0.1) is 0 Å². The van der Waals surface area contributed by atoms with Crippen LogP contribution in [-0.2, 0) is 12.8 Å². The molecular weight excluding hydrogens is 274 g/mol. The molecule has 2 heteroatoms. The van der Waals surface area contributed by atoms with Gasteiger partial charge in [-0.2, -0.15) is 0 Å². The van der Waals surface area contributed by atoms with E-state index in [-0.39, 0.29) is 0 Å². The summed E-state index contributed by atoms with van der Waals surface area (Å²) in [6.07, 6.45) is 6.65. The fourth-order valence-corrected chi connectivity index (χ4v) is 5.92. The van der Waals surface area contributed by atoms with Gasteiger partial charge in [0.05, 0.1) is 0 Å². The van der Waals surface area contributed by atoms with E-state index in [1.165, 1.54) is 45.2 Å². The molecule has 21 heavy (non-hydrogen) atoms. The lowest BCUT2D eigenvalue weighted by atomic mass is 9.79. The third-order valence-electron chi connectivity index (χ3n) is 5.73. The van der Waals surface area contributed by atoms with Crippen molar-refractivity contribution in [2.45, 2.75) is 44.1 Å². The van der Waals surface area contributed by atoms with Crippen molar-refractivity contribution in [3.8, 4) is 0 Å². The van der Waals surface area contributed by atoms with Gasteiger partial charge in [0.15, 0.2) is 0 Å². The molecule has 1 aromatic heterocycles. The number of rotatable bonds is 0. The van der Waals surface area contributed by atoms with E-state index in [2.05, 4.69) is 34.5 Å². The molecule has 2 atom stereocenters. The average Bonchev–Trinajstić information content (AvgIpc) is 2.90. The third-order valence-corrected chi connectivity index (χ3v) is 6.81. The molecule has 108 valence electrons. The standard InChI is InChI=1S/C19H21NS/c1-2-6-14-13(5-1)8-9-18-19-15(14)11-20-10-4-3-7-17(20)16(19)12-21-18/h1-2,5-6,12,15,17H,3-4,7-11H2/t15-,17+/m1/s1. The summed E-state index contributed by atoms with van der Waals surface area (Å²) in [5.41, 5.74) is 6.61. The van der Waals surface area contributed by atoms with Crippen LogP contribution in [-0.4, -0.2) is 18.0 Å². The summed E-state index contributed by atoms with van der Waals surface area (Å²) < 4.78 is 0. The minimum absolute atomic E-state index is 0.634. The van der Waals surface area contributed by atoms with Gasteiger partial charge in [0.25, 0.3) is 0 Å². The van der Waals surface area contributed by atoms with Crippen LogP contribution >= 0.6 is 11.3 Å². The zero-order valence-electron chi connectivity index (χ0n) is 12.3. The van der Waals surface area contributed by atoms with Gasteiger partial charge in [0.1, 0.15) is 0 Å². The molecule has 1 fully saturated rings. The molecule has 0 bridgehead atoms. The lowest BCUT2D eigenvalue weighted by molar-refractivity contribution is 0.131. The highest BCUT2D eigenvalue weighted by atomic mass is 32.1. The van der Waals surface area contributed by atoms with Crippen molar-refractivity contribution in [1.82, 2.24) is 4.90 Å². The van der Waals surface area contributed by atoms with Crippen molar-refractivity contribution in [3.63, 3.8) is 0 Å². The Bertz CT molecular complexity index is 687. The minimum atomic E-state index is 0.634. The molecule has 1 saturated heterocycles. The molecule has 5 rings (SSSR count). The van der Waals surface area contributed by atoms with Crippen molar-refractivity contribution in [2.24, 2.45) is 0 Å². The monoisotopic (exact) mass is 295 g/mol. The van der Waals surface area contributed by atoms with Gasteiger partial charge in [-0.1, -0.05) is 30.7 Å². The van der Waals surface area contributed by atoms with Gasteiger partial charge in [-0.15, -0.1) is 11.3 Å². The maximum absolute atomic E-state index is 2.77. The molecule has 0 radical (unpaired) electrons. The number of thiophene rings is 1. The van der Waals surface area contributed by atoms with Crippen LogP contribution < -0.4 is 0 Å². The maximum Gasteiger partial charge on any atom is 0.0359 e. The van der Waals surface area contributed by atoms with E-state index in [9.17, 15) is 0 Å². The Hall–Kier alpha value is -1.12. The van der Waals surface area contributed by atoms with E-state index >= 15 is 0 Å². The lowest BCUT2D eigenvalue weighted by Gasteiger charge is -2.43. The van der Waals surface area contributed by atoms with E-state index in [1.54, 1.807) is 27.1 Å². The highest BCUT2D eigenvalue weighted by Crippen LogP contribution is 2.49. The second-order valence-electron chi connectivity index (χ2n) is 6.79. The van der Waals surface area contributed by atoms with Crippen molar-refractivity contribution in [1.29, 1.82) is 0 Å². The molecule has 0 amide bonds. The first-order valence-corrected chi connectivity index (χ1v) is 9.22. The van der Waals surface area contributed by atoms with E-state index < -0.39 is 0 Å². The molecule has 1 aliphatic carbocycles. The van der Waals surface area contributed by atoms with Gasteiger partial charge in [0, 0.05) is 23.4 Å². The zero-order valence-corrected chi connectivity index (χ0v) is 13.2. The van der Waals surface area contributed by atoms with Gasteiger partial charge in [-0.3, -0.25) is 4.90 Å². The Morgan fingerprint density at radius 2 is 2.00 bits per heavy atom. The average molecular weight is 295 g/mol. The van der Waals surface area contributed by atoms with Crippen LogP contribution in [0.15, 0.2) is 29.6 Å². The first-order valence-electron chi connectivity index (χ1n) is 8.34. The number of hydrogen-bond donors (Lipinski definition) is 0. The molecule has 3 aliphatic rings. The molecule has 2 aliphatic heterocycles. The smallest absolute Gasteiger partial charge is 0.0359 e. The number of benzene rings is 1. The summed E-state index contributed by atoms with van der Waals surface area (Å²) in [4.78, 5) is 4.45. The molecule has 1 aromatic carbocycles. The topological polar surface area (TPSA) is 3.24 Å². The molecule has 0 unspecified atom stereocenters. The largest absolute Gasteiger partial charge is 0.295 e. The first-order chi connectivity index (χ1) is 10.4. The molecule has 0 spiro atoms. The SMILES string of the molecule is c1ccc2c(c1)CCc1scc3c1[C@@H]2CN1CCCC[C@@H]31. The number of piperidine rings is 1. The van der Waals surface area contributed by atoms with Crippen molar-refractivity contribution in [2.75, 3.05) is 13.1 Å². The zero-order chi connectivity index (χ0) is 13.8. The maximum atomic E-state index is 2.77. The quantitative estimate of drug-likeness (QED) is 0.691. The predicted molar refractivity (Wildman–Crippen MR) is 88.2 cm³/mol. The highest BCUT2D eigenvalue weighted by Gasteiger charge is 2.38. The third kappa shape index (κ3) is 1.79. The summed E-state index contributed by atoms with van der Waals surface area (Å²) >= 11 is 2.03. The van der Waals surface area contributed by atoms with Crippen LogP contribution in [0.4, 0.5) is 0 Å². The van der Waals surface area contributed by atoms with Crippen LogP contribution in [0.2, 0.25) is 0 Å². The number of hydrogen-bond acceptors (Lipinski definition) is 2. The van der Waals surface area contributed by atoms with Crippen LogP contribution in [0.3, 0.4) is 0 Å². The van der Waals surface area contributed by atoms with Gasteiger partial charge >= 0.3 is 0 Å². The molecular formula is C19H21NS. The predicted octanol–water partition coefficient (Wildman–Crippen LogP) is 4.52. The van der Waals surface area contributed by atoms with Crippen LogP contribution in [0.25, 0.3) is 0 Å². The normalized spacial score (nSPS) is 27.4. The van der Waals surface area contributed by atoms with Crippen molar-refractivity contribution >= 4 is 11.3 Å². The summed E-state index contributed by atoms with van der Waals surface area (Å²) in [6.45, 7) is 2.55. The lowest BCUT2D eigenvalue weighted by Crippen LogP contribution is -2.40. The molecule has 2 aromatic rings. The Balaban J connectivity index is 1.71. The van der Waals surface area contributed by atoms with Crippen LogP contribution in [0.1, 0.15) is 58.4 Å². The summed E-state index contributed by atoms with van der Waals surface area (Å²) in [5.74, 6) is 0.634. The molecule has 0 saturated carbocycles. The summed E-state index contributed by atoms with van der Waals surface area (Å²) in [7, 11) is 0. The van der Waals surface area contributed by atoms with Gasteiger partial charge < -0.3 is 0 Å². The second-order valence-corrected chi connectivity index (χ2v) is 7.75. The second kappa shape index (κ2) is 4.69. The van der Waals surface area contributed by atoms with Crippen molar-refractivity contribution < 1.29 is 0 Å². The first kappa shape index (κ1) is 12.4. The van der Waals surface area contributed by atoms with Crippen molar-refractivity contribution in [3.05, 3.63) is 56.8 Å². The number of fused-ring (bicyclic) bond motifs is 4. The number of aryl methyl sites for hydroxylation is 2. The Morgan fingerprint density at radius 1 is 1.05 bits per heavy atom. The van der Waals surface area contributed by atoms with E-state index in [1.807, 2.05) is 11.3 Å². The molecule has 3 heterocycles. The minimum Gasteiger partial charge on any atom is -0.295 e. The Labute approximate surface area is 130 Å². The Kier molecular flexibility index (Phi) is 2.77. The number of nitrogens with zero attached hydrogens (tertiary/aromatic N) is 1. The Morgan fingerprint density at radius 3 is 3.00 bits per heavy atom. The van der Waals surface area contributed by atoms with E-state index in [4.69, 9.17) is 0 Å². The fourth-order valence-electron chi connectivity index (χ4n) is 4.76. The van der Waals surface area contributed by atoms with Gasteiger partial charge in [0.2, 0.25) is 0 Å².